The number of ketones is 1. The van der Waals surface area contributed by atoms with Crippen molar-refractivity contribution in [3.63, 3.8) is 0 Å². The third kappa shape index (κ3) is 3.42. The first-order valence-corrected chi connectivity index (χ1v) is 11.4. The van der Waals surface area contributed by atoms with Crippen LogP contribution in [0.2, 0.25) is 0 Å². The number of fused-ring (bicyclic) bond motifs is 1. The average molecular weight is 457 g/mol. The van der Waals surface area contributed by atoms with E-state index in [1.807, 2.05) is 6.07 Å². The number of Topliss-reactive ketones (excluding diaryl/α,β-unsaturated/α-hetero) is 1. The zero-order valence-corrected chi connectivity index (χ0v) is 18.3. The third-order valence-corrected chi connectivity index (χ3v) is 7.37. The van der Waals surface area contributed by atoms with Crippen molar-refractivity contribution < 1.29 is 19.1 Å². The van der Waals surface area contributed by atoms with Gasteiger partial charge in [0.15, 0.2) is 5.78 Å². The minimum atomic E-state index is -0.675. The number of carbonyl (C=O) groups excluding carboxylic acids is 3. The van der Waals surface area contributed by atoms with Gasteiger partial charge in [-0.25, -0.2) is 4.98 Å². The van der Waals surface area contributed by atoms with Gasteiger partial charge < -0.3 is 19.9 Å². The maximum atomic E-state index is 14.1. The van der Waals surface area contributed by atoms with Crippen molar-refractivity contribution in [3.05, 3.63) is 48.0 Å². The molecule has 0 spiro atoms. The number of likely N-dealkylation sites (tertiary alicyclic amines) is 1. The zero-order chi connectivity index (χ0) is 22.4. The summed E-state index contributed by atoms with van der Waals surface area (Å²) in [5.74, 6) is -1.49. The monoisotopic (exact) mass is 456 g/mol. The molecule has 2 saturated heterocycles. The molecular formula is C23H25ClN4O4. The number of nitrogens with zero attached hydrogens (tertiary/aromatic N) is 3. The molecule has 2 N–H and O–H groups in total. The molecule has 2 aromatic rings. The van der Waals surface area contributed by atoms with Gasteiger partial charge in [0.2, 0.25) is 11.8 Å². The number of rotatable bonds is 5. The van der Waals surface area contributed by atoms with Crippen LogP contribution in [-0.4, -0.2) is 62.7 Å². The summed E-state index contributed by atoms with van der Waals surface area (Å²) in [6, 6.07) is 4.60. The molecule has 1 aromatic carbocycles. The molecule has 0 unspecified atom stereocenters. The number of aromatic nitrogens is 2. The van der Waals surface area contributed by atoms with Gasteiger partial charge in [-0.05, 0) is 30.9 Å². The van der Waals surface area contributed by atoms with Gasteiger partial charge in [-0.3, -0.25) is 14.4 Å². The SMILES string of the molecule is NC(=O)c1cccc(-n2ccnc2)c1[C@@H](C(=O)N1C[C@H](Cl)[C@H]2OCC(=O)[C@H]21)C1CCCC1. The molecule has 32 heavy (non-hydrogen) atoms. The number of ether oxygens (including phenoxy) is 1. The van der Waals surface area contributed by atoms with Crippen molar-refractivity contribution in [1.82, 2.24) is 14.5 Å². The number of amides is 2. The van der Waals surface area contributed by atoms with Crippen molar-refractivity contribution in [3.8, 4) is 5.69 Å². The van der Waals surface area contributed by atoms with Gasteiger partial charge in [0, 0.05) is 30.1 Å². The Bertz CT molecular complexity index is 1050. The lowest BCUT2D eigenvalue weighted by atomic mass is 9.80. The molecule has 3 aliphatic rings. The summed E-state index contributed by atoms with van der Waals surface area (Å²) >= 11 is 6.46. The number of alkyl halides is 1. The Morgan fingerprint density at radius 2 is 2.03 bits per heavy atom. The molecule has 0 bridgehead atoms. The van der Waals surface area contributed by atoms with E-state index >= 15 is 0 Å². The second-order valence-electron chi connectivity index (χ2n) is 8.79. The standard InChI is InChI=1S/C23H25ClN4O4/c24-15-10-28(20-17(29)11-32-21(15)20)23(31)18(13-4-1-2-5-13)19-14(22(25)30)6-3-7-16(19)27-9-8-26-12-27/h3,6-9,12-13,15,18,20-21H,1-2,4-5,10-11H2,(H2,25,30)/t15-,18-,20+,21+/m0/s1. The van der Waals surface area contributed by atoms with Crippen LogP contribution in [0.3, 0.4) is 0 Å². The van der Waals surface area contributed by atoms with Gasteiger partial charge >= 0.3 is 0 Å². The number of benzene rings is 1. The summed E-state index contributed by atoms with van der Waals surface area (Å²) in [4.78, 5) is 44.9. The van der Waals surface area contributed by atoms with E-state index in [-0.39, 0.29) is 30.8 Å². The Labute approximate surface area is 190 Å². The quantitative estimate of drug-likeness (QED) is 0.692. The molecule has 168 valence electrons. The van der Waals surface area contributed by atoms with Crippen LogP contribution in [0.4, 0.5) is 0 Å². The first kappa shape index (κ1) is 21.2. The van der Waals surface area contributed by atoms with Crippen molar-refractivity contribution in [2.45, 2.75) is 49.1 Å². The van der Waals surface area contributed by atoms with Crippen LogP contribution in [0.5, 0.6) is 0 Å². The van der Waals surface area contributed by atoms with Crippen molar-refractivity contribution in [2.75, 3.05) is 13.2 Å². The average Bonchev–Trinajstić information content (AvgIpc) is 3.56. The zero-order valence-electron chi connectivity index (χ0n) is 17.5. The smallest absolute Gasteiger partial charge is 0.249 e. The minimum absolute atomic E-state index is 0.0331. The molecule has 3 heterocycles. The van der Waals surface area contributed by atoms with Crippen molar-refractivity contribution in [2.24, 2.45) is 11.7 Å². The van der Waals surface area contributed by atoms with Crippen LogP contribution in [0.1, 0.15) is 47.5 Å². The van der Waals surface area contributed by atoms with Crippen LogP contribution in [-0.2, 0) is 14.3 Å². The highest BCUT2D eigenvalue weighted by atomic mass is 35.5. The maximum absolute atomic E-state index is 14.1. The summed E-state index contributed by atoms with van der Waals surface area (Å²) in [6.45, 7) is 0.207. The lowest BCUT2D eigenvalue weighted by Crippen LogP contribution is -2.45. The van der Waals surface area contributed by atoms with Gasteiger partial charge in [0.25, 0.3) is 0 Å². The number of carbonyl (C=O) groups is 3. The minimum Gasteiger partial charge on any atom is -0.366 e. The number of hydrogen-bond acceptors (Lipinski definition) is 5. The molecule has 2 aliphatic heterocycles. The second-order valence-corrected chi connectivity index (χ2v) is 9.35. The number of hydrogen-bond donors (Lipinski definition) is 1. The third-order valence-electron chi connectivity index (χ3n) is 6.99. The Morgan fingerprint density at radius 3 is 2.72 bits per heavy atom. The van der Waals surface area contributed by atoms with Gasteiger partial charge in [-0.2, -0.15) is 0 Å². The van der Waals surface area contributed by atoms with E-state index in [1.54, 1.807) is 40.3 Å². The Balaban J connectivity index is 1.65. The van der Waals surface area contributed by atoms with E-state index in [9.17, 15) is 14.4 Å². The Kier molecular flexibility index (Phi) is 5.51. The fourth-order valence-electron chi connectivity index (χ4n) is 5.58. The van der Waals surface area contributed by atoms with Crippen molar-refractivity contribution in [1.29, 1.82) is 0 Å². The predicted octanol–water partition coefficient (Wildman–Crippen LogP) is 2.03. The predicted molar refractivity (Wildman–Crippen MR) is 117 cm³/mol. The summed E-state index contributed by atoms with van der Waals surface area (Å²) < 4.78 is 7.37. The van der Waals surface area contributed by atoms with E-state index in [2.05, 4.69) is 4.98 Å². The topological polar surface area (TPSA) is 108 Å². The number of nitrogens with two attached hydrogens (primary N) is 1. The maximum Gasteiger partial charge on any atom is 0.249 e. The Morgan fingerprint density at radius 1 is 1.25 bits per heavy atom. The number of halogens is 1. The molecule has 4 atom stereocenters. The number of imidazole rings is 1. The van der Waals surface area contributed by atoms with Crippen LogP contribution in [0, 0.1) is 5.92 Å². The first-order chi connectivity index (χ1) is 15.5. The molecule has 3 fully saturated rings. The van der Waals surface area contributed by atoms with E-state index in [0.717, 1.165) is 25.7 Å². The van der Waals surface area contributed by atoms with E-state index < -0.39 is 29.3 Å². The fourth-order valence-corrected chi connectivity index (χ4v) is 5.93. The molecule has 9 heteroatoms. The lowest BCUT2D eigenvalue weighted by Gasteiger charge is -2.32. The van der Waals surface area contributed by atoms with Crippen LogP contribution >= 0.6 is 11.6 Å². The van der Waals surface area contributed by atoms with E-state index in [4.69, 9.17) is 22.1 Å². The summed E-state index contributed by atoms with van der Waals surface area (Å²) in [7, 11) is 0. The highest BCUT2D eigenvalue weighted by Gasteiger charge is 2.53. The molecule has 2 amide bonds. The molecular weight excluding hydrogens is 432 g/mol. The lowest BCUT2D eigenvalue weighted by molar-refractivity contribution is -0.138. The second kappa shape index (κ2) is 8.33. The van der Waals surface area contributed by atoms with E-state index in [1.165, 1.54) is 0 Å². The largest absolute Gasteiger partial charge is 0.366 e. The molecule has 8 nitrogen and oxygen atoms in total. The first-order valence-electron chi connectivity index (χ1n) is 11.0. The summed E-state index contributed by atoms with van der Waals surface area (Å²) in [5, 5.41) is -0.445. The van der Waals surface area contributed by atoms with Crippen molar-refractivity contribution >= 4 is 29.2 Å². The van der Waals surface area contributed by atoms with Gasteiger partial charge in [0.05, 0.1) is 23.3 Å². The molecule has 1 aliphatic carbocycles. The van der Waals surface area contributed by atoms with Gasteiger partial charge in [0.1, 0.15) is 18.8 Å². The summed E-state index contributed by atoms with van der Waals surface area (Å²) in [6.07, 6.45) is 8.32. The van der Waals surface area contributed by atoms with Crippen LogP contribution in [0.25, 0.3) is 5.69 Å². The number of primary amides is 1. The molecule has 1 aromatic heterocycles. The van der Waals surface area contributed by atoms with Gasteiger partial charge in [-0.1, -0.05) is 18.9 Å². The highest BCUT2D eigenvalue weighted by Crippen LogP contribution is 2.44. The highest BCUT2D eigenvalue weighted by molar-refractivity contribution is 6.22. The Hall–Kier alpha value is -2.71. The molecule has 5 rings (SSSR count). The normalized spacial score (nSPS) is 26.5. The fraction of sp³-hybridized carbons (Fsp3) is 0.478. The molecule has 0 radical (unpaired) electrons. The molecule has 1 saturated carbocycles. The van der Waals surface area contributed by atoms with Crippen LogP contribution in [0.15, 0.2) is 36.9 Å². The van der Waals surface area contributed by atoms with Gasteiger partial charge in [-0.15, -0.1) is 11.6 Å². The van der Waals surface area contributed by atoms with Crippen LogP contribution < -0.4 is 5.73 Å². The van der Waals surface area contributed by atoms with E-state index in [0.29, 0.717) is 16.8 Å². The summed E-state index contributed by atoms with van der Waals surface area (Å²) in [5.41, 5.74) is 7.37.